The number of hydrazine groups is 1. The molecular formula is C25H25N3O4. The summed E-state index contributed by atoms with van der Waals surface area (Å²) >= 11 is 0. The van der Waals surface area contributed by atoms with Gasteiger partial charge in [-0.25, -0.2) is 0 Å². The first-order chi connectivity index (χ1) is 15.6. The number of amides is 3. The number of hydrogen-bond donors (Lipinski definition) is 3. The van der Waals surface area contributed by atoms with E-state index in [4.69, 9.17) is 4.74 Å². The number of anilines is 1. The van der Waals surface area contributed by atoms with Gasteiger partial charge in [0.15, 0.2) is 0 Å². The smallest absolute Gasteiger partial charge is 0.273 e. The monoisotopic (exact) mass is 431 g/mol. The highest BCUT2D eigenvalue weighted by atomic mass is 16.5. The summed E-state index contributed by atoms with van der Waals surface area (Å²) in [6.45, 7) is 0.414. The average molecular weight is 431 g/mol. The maximum absolute atomic E-state index is 12.5. The second kappa shape index (κ2) is 11.9. The van der Waals surface area contributed by atoms with Crippen LogP contribution in [-0.4, -0.2) is 24.3 Å². The zero-order valence-electron chi connectivity index (χ0n) is 17.5. The highest BCUT2D eigenvalue weighted by molar-refractivity contribution is 5.98. The van der Waals surface area contributed by atoms with Crippen molar-refractivity contribution in [1.29, 1.82) is 0 Å². The molecule has 3 amide bonds. The van der Waals surface area contributed by atoms with Crippen molar-refractivity contribution in [3.8, 4) is 5.75 Å². The third kappa shape index (κ3) is 7.28. The highest BCUT2D eigenvalue weighted by Crippen LogP contribution is 2.18. The van der Waals surface area contributed by atoms with Crippen LogP contribution in [0.3, 0.4) is 0 Å². The second-order valence-electron chi connectivity index (χ2n) is 7.00. The van der Waals surface area contributed by atoms with Crippen LogP contribution in [0.25, 0.3) is 0 Å². The molecule has 0 bridgehead atoms. The Hall–Kier alpha value is -4.13. The van der Waals surface area contributed by atoms with Gasteiger partial charge in [-0.2, -0.15) is 0 Å². The van der Waals surface area contributed by atoms with Crippen molar-refractivity contribution in [3.63, 3.8) is 0 Å². The Morgan fingerprint density at radius 1 is 0.688 bits per heavy atom. The van der Waals surface area contributed by atoms with Crippen molar-refractivity contribution in [3.05, 3.63) is 96.1 Å². The van der Waals surface area contributed by atoms with Gasteiger partial charge in [-0.05, 0) is 29.8 Å². The summed E-state index contributed by atoms with van der Waals surface area (Å²) < 4.78 is 5.78. The summed E-state index contributed by atoms with van der Waals surface area (Å²) in [4.78, 5) is 36.4. The Morgan fingerprint density at radius 2 is 1.31 bits per heavy atom. The van der Waals surface area contributed by atoms with E-state index in [-0.39, 0.29) is 18.7 Å². The minimum absolute atomic E-state index is 0.00418. The fourth-order valence-corrected chi connectivity index (χ4v) is 2.93. The van der Waals surface area contributed by atoms with Gasteiger partial charge in [0.2, 0.25) is 11.8 Å². The molecule has 0 heterocycles. The molecule has 32 heavy (non-hydrogen) atoms. The molecule has 0 unspecified atom stereocenters. The fourth-order valence-electron chi connectivity index (χ4n) is 2.93. The fraction of sp³-hybridized carbons (Fsp3) is 0.160. The van der Waals surface area contributed by atoms with Gasteiger partial charge in [0.25, 0.3) is 5.91 Å². The maximum Gasteiger partial charge on any atom is 0.273 e. The molecule has 7 heteroatoms. The van der Waals surface area contributed by atoms with Gasteiger partial charge in [-0.3, -0.25) is 25.2 Å². The number of nitrogens with one attached hydrogen (secondary N) is 3. The number of para-hydroxylation sites is 2. The van der Waals surface area contributed by atoms with Crippen LogP contribution < -0.4 is 20.9 Å². The average Bonchev–Trinajstić information content (AvgIpc) is 2.83. The van der Waals surface area contributed by atoms with Crippen LogP contribution in [0.15, 0.2) is 84.9 Å². The molecule has 0 atom stereocenters. The maximum atomic E-state index is 12.5. The van der Waals surface area contributed by atoms with Crippen molar-refractivity contribution in [2.45, 2.75) is 19.3 Å². The number of carbonyl (C=O) groups is 3. The van der Waals surface area contributed by atoms with Gasteiger partial charge in [-0.15, -0.1) is 0 Å². The van der Waals surface area contributed by atoms with Gasteiger partial charge < -0.3 is 10.1 Å². The lowest BCUT2D eigenvalue weighted by atomic mass is 10.1. The molecular weight excluding hydrogens is 406 g/mol. The summed E-state index contributed by atoms with van der Waals surface area (Å²) in [5, 5.41) is 2.70. The van der Waals surface area contributed by atoms with E-state index in [1.54, 1.807) is 48.5 Å². The zero-order chi connectivity index (χ0) is 22.6. The molecule has 0 saturated carbocycles. The van der Waals surface area contributed by atoms with Crippen molar-refractivity contribution < 1.29 is 19.1 Å². The number of hydrogen-bond acceptors (Lipinski definition) is 4. The molecule has 0 aliphatic heterocycles. The highest BCUT2D eigenvalue weighted by Gasteiger charge is 2.14. The minimum atomic E-state index is -0.498. The normalized spacial score (nSPS) is 10.1. The molecule has 7 nitrogen and oxygen atoms in total. The molecule has 3 aromatic rings. The summed E-state index contributed by atoms with van der Waals surface area (Å²) in [6, 6.07) is 25.7. The van der Waals surface area contributed by atoms with E-state index in [9.17, 15) is 14.4 Å². The zero-order valence-corrected chi connectivity index (χ0v) is 17.5. The van der Waals surface area contributed by atoms with Gasteiger partial charge in [0.1, 0.15) is 5.75 Å². The summed E-state index contributed by atoms with van der Waals surface area (Å²) in [5.74, 6) is -0.821. The van der Waals surface area contributed by atoms with Crippen LogP contribution in [0.1, 0.15) is 28.8 Å². The summed E-state index contributed by atoms with van der Waals surface area (Å²) in [6.07, 6.45) is 0.641. The molecule has 0 spiro atoms. The van der Waals surface area contributed by atoms with Crippen molar-refractivity contribution in [1.82, 2.24) is 10.9 Å². The second-order valence-corrected chi connectivity index (χ2v) is 7.00. The first-order valence-corrected chi connectivity index (χ1v) is 10.3. The van der Waals surface area contributed by atoms with Crippen molar-refractivity contribution >= 4 is 23.4 Å². The van der Waals surface area contributed by atoms with Crippen LogP contribution in [0.2, 0.25) is 0 Å². The predicted molar refractivity (Wildman–Crippen MR) is 122 cm³/mol. The molecule has 0 fully saturated rings. The van der Waals surface area contributed by atoms with Crippen LogP contribution in [-0.2, 0) is 16.0 Å². The molecule has 164 valence electrons. The third-order valence-electron chi connectivity index (χ3n) is 4.57. The minimum Gasteiger partial charge on any atom is -0.492 e. The Labute approximate surface area is 186 Å². The standard InChI is InChI=1S/C25H25N3O4/c29-23(26-20-11-5-2-6-12-20)15-16-24(30)27-28-25(31)21-13-7-8-14-22(21)32-18-17-19-9-3-1-4-10-19/h1-14H,15-18H2,(H,26,29)(H,27,30)(H,28,31). The number of carbonyl (C=O) groups excluding carboxylic acids is 3. The van der Waals surface area contributed by atoms with E-state index in [2.05, 4.69) is 16.2 Å². The van der Waals surface area contributed by atoms with Crippen molar-refractivity contribution in [2.75, 3.05) is 11.9 Å². The number of rotatable bonds is 9. The summed E-state index contributed by atoms with van der Waals surface area (Å²) in [7, 11) is 0. The molecule has 3 N–H and O–H groups in total. The molecule has 0 radical (unpaired) electrons. The van der Waals surface area contributed by atoms with Gasteiger partial charge in [-0.1, -0.05) is 60.7 Å². The lowest BCUT2D eigenvalue weighted by Crippen LogP contribution is -2.42. The first-order valence-electron chi connectivity index (χ1n) is 10.3. The van der Waals surface area contributed by atoms with Gasteiger partial charge in [0, 0.05) is 24.9 Å². The quantitative estimate of drug-likeness (QED) is 0.452. The first kappa shape index (κ1) is 22.6. The van der Waals surface area contributed by atoms with E-state index < -0.39 is 11.8 Å². The molecule has 0 aliphatic carbocycles. The summed E-state index contributed by atoms with van der Waals surface area (Å²) in [5.41, 5.74) is 6.81. The molecule has 0 saturated heterocycles. The lowest BCUT2D eigenvalue weighted by Gasteiger charge is -2.12. The Kier molecular flexibility index (Phi) is 8.39. The van der Waals surface area contributed by atoms with Crippen LogP contribution in [0.5, 0.6) is 5.75 Å². The third-order valence-corrected chi connectivity index (χ3v) is 4.57. The predicted octanol–water partition coefficient (Wildman–Crippen LogP) is 3.49. The Morgan fingerprint density at radius 3 is 2.06 bits per heavy atom. The van der Waals surface area contributed by atoms with Crippen LogP contribution in [0.4, 0.5) is 5.69 Å². The topological polar surface area (TPSA) is 96.5 Å². The lowest BCUT2D eigenvalue weighted by molar-refractivity contribution is -0.124. The van der Waals surface area contributed by atoms with E-state index in [0.29, 0.717) is 30.0 Å². The van der Waals surface area contributed by atoms with Crippen LogP contribution >= 0.6 is 0 Å². The Bertz CT molecular complexity index is 1040. The molecule has 0 aromatic heterocycles. The van der Waals surface area contributed by atoms with E-state index in [0.717, 1.165) is 5.56 Å². The van der Waals surface area contributed by atoms with Gasteiger partial charge in [0.05, 0.1) is 12.2 Å². The van der Waals surface area contributed by atoms with E-state index in [1.165, 1.54) is 0 Å². The number of ether oxygens (including phenoxy) is 1. The molecule has 3 rings (SSSR count). The van der Waals surface area contributed by atoms with Gasteiger partial charge >= 0.3 is 0 Å². The number of benzene rings is 3. The largest absolute Gasteiger partial charge is 0.492 e. The van der Waals surface area contributed by atoms with Crippen LogP contribution in [0, 0.1) is 0 Å². The van der Waals surface area contributed by atoms with E-state index >= 15 is 0 Å². The van der Waals surface area contributed by atoms with E-state index in [1.807, 2.05) is 36.4 Å². The SMILES string of the molecule is O=C(CCC(=O)Nc1ccccc1)NNC(=O)c1ccccc1OCCc1ccccc1. The molecule has 3 aromatic carbocycles. The Balaban J connectivity index is 1.43. The van der Waals surface area contributed by atoms with Crippen molar-refractivity contribution in [2.24, 2.45) is 0 Å². The molecule has 0 aliphatic rings.